The van der Waals surface area contributed by atoms with Crippen LogP contribution < -0.4 is 0 Å². The molecule has 0 aliphatic carbocycles. The molecular formula is C17H27FN2O. The predicted molar refractivity (Wildman–Crippen MR) is 82.5 cm³/mol. The number of piperidine rings is 1. The molecule has 4 heteroatoms. The fourth-order valence-electron chi connectivity index (χ4n) is 3.25. The molecule has 0 amide bonds. The zero-order chi connectivity index (χ0) is 15.3. The number of pyridine rings is 1. The summed E-state index contributed by atoms with van der Waals surface area (Å²) < 4.78 is 12.8. The van der Waals surface area contributed by atoms with Crippen molar-refractivity contribution in [2.75, 3.05) is 19.6 Å². The Morgan fingerprint density at radius 1 is 1.29 bits per heavy atom. The number of aliphatic hydroxyl groups is 1. The summed E-state index contributed by atoms with van der Waals surface area (Å²) in [7, 11) is 0. The lowest BCUT2D eigenvalue weighted by molar-refractivity contribution is 0.0773. The maximum atomic E-state index is 12.8. The Bertz CT molecular complexity index is 421. The number of hydrogen-bond acceptors (Lipinski definition) is 3. The Morgan fingerprint density at radius 3 is 2.48 bits per heavy atom. The van der Waals surface area contributed by atoms with E-state index in [1.807, 2.05) is 0 Å². The molecule has 0 spiro atoms. The monoisotopic (exact) mass is 294 g/mol. The molecule has 0 aromatic carbocycles. The topological polar surface area (TPSA) is 36.4 Å². The van der Waals surface area contributed by atoms with Crippen molar-refractivity contribution >= 4 is 0 Å². The summed E-state index contributed by atoms with van der Waals surface area (Å²) in [5, 5.41) is 10.1. The van der Waals surface area contributed by atoms with Gasteiger partial charge in [-0.1, -0.05) is 26.7 Å². The zero-order valence-corrected chi connectivity index (χ0v) is 13.2. The van der Waals surface area contributed by atoms with Crippen LogP contribution in [0.5, 0.6) is 0 Å². The van der Waals surface area contributed by atoms with Gasteiger partial charge in [-0.25, -0.2) is 4.39 Å². The number of aliphatic hydroxyl groups excluding tert-OH is 1. The van der Waals surface area contributed by atoms with Gasteiger partial charge < -0.3 is 10.0 Å². The molecule has 1 aliphatic heterocycles. The predicted octanol–water partition coefficient (Wildman–Crippen LogP) is 3.55. The second-order valence-corrected chi connectivity index (χ2v) is 6.25. The van der Waals surface area contributed by atoms with E-state index in [1.54, 1.807) is 6.07 Å². The summed E-state index contributed by atoms with van der Waals surface area (Å²) in [6.45, 7) is 7.70. The molecule has 1 N–H and O–H groups in total. The number of aromatic nitrogens is 1. The van der Waals surface area contributed by atoms with Gasteiger partial charge in [0.15, 0.2) is 0 Å². The smallest absolute Gasteiger partial charge is 0.141 e. The summed E-state index contributed by atoms with van der Waals surface area (Å²) in [6, 6.07) is 2.92. The van der Waals surface area contributed by atoms with Crippen molar-refractivity contribution in [3.8, 4) is 0 Å². The van der Waals surface area contributed by atoms with E-state index in [0.29, 0.717) is 17.5 Å². The number of halogens is 1. The Balaban J connectivity index is 1.78. The van der Waals surface area contributed by atoms with E-state index in [2.05, 4.69) is 23.7 Å². The molecule has 1 aromatic rings. The Labute approximate surface area is 127 Å². The molecule has 21 heavy (non-hydrogen) atoms. The minimum atomic E-state index is -0.602. The minimum Gasteiger partial charge on any atom is -0.387 e. The molecule has 1 saturated heterocycles. The molecule has 1 aromatic heterocycles. The second-order valence-electron chi connectivity index (χ2n) is 6.25. The lowest BCUT2D eigenvalue weighted by Crippen LogP contribution is -2.40. The highest BCUT2D eigenvalue weighted by molar-refractivity contribution is 5.08. The third-order valence-electron chi connectivity index (χ3n) is 5.23. The van der Waals surface area contributed by atoms with E-state index in [0.717, 1.165) is 25.8 Å². The Hall–Kier alpha value is -1.00. The van der Waals surface area contributed by atoms with E-state index in [1.165, 1.54) is 31.7 Å². The van der Waals surface area contributed by atoms with Gasteiger partial charge in [-0.15, -0.1) is 0 Å². The molecule has 0 bridgehead atoms. The summed E-state index contributed by atoms with van der Waals surface area (Å²) in [5.74, 6) is -0.363. The van der Waals surface area contributed by atoms with Crippen LogP contribution in [0.25, 0.3) is 0 Å². The van der Waals surface area contributed by atoms with Gasteiger partial charge in [0.2, 0.25) is 0 Å². The van der Waals surface area contributed by atoms with Crippen molar-refractivity contribution in [2.45, 2.75) is 52.1 Å². The SMILES string of the molecule is CCC1(CC)CCN(CCC(O)c2ccc(F)cn2)CC1. The average molecular weight is 294 g/mol. The maximum absolute atomic E-state index is 12.8. The van der Waals surface area contributed by atoms with Crippen molar-refractivity contribution in [1.29, 1.82) is 0 Å². The molecule has 0 radical (unpaired) electrons. The number of nitrogens with zero attached hydrogens (tertiary/aromatic N) is 2. The van der Waals surface area contributed by atoms with Crippen molar-refractivity contribution < 1.29 is 9.50 Å². The Morgan fingerprint density at radius 2 is 1.95 bits per heavy atom. The van der Waals surface area contributed by atoms with Gasteiger partial charge in [0, 0.05) is 6.54 Å². The highest BCUT2D eigenvalue weighted by atomic mass is 19.1. The Kier molecular flexibility index (Phi) is 5.71. The van der Waals surface area contributed by atoms with Crippen LogP contribution in [0.4, 0.5) is 4.39 Å². The van der Waals surface area contributed by atoms with Crippen molar-refractivity contribution in [3.63, 3.8) is 0 Å². The summed E-state index contributed by atoms with van der Waals surface area (Å²) in [4.78, 5) is 6.37. The number of likely N-dealkylation sites (tertiary alicyclic amines) is 1. The van der Waals surface area contributed by atoms with Crippen LogP contribution in [0, 0.1) is 11.2 Å². The highest BCUT2D eigenvalue weighted by Crippen LogP contribution is 2.37. The molecule has 1 atom stereocenters. The molecule has 0 saturated carbocycles. The summed E-state index contributed by atoms with van der Waals surface area (Å²) in [6.07, 6.45) is 6.25. The first-order valence-electron chi connectivity index (χ1n) is 8.10. The van der Waals surface area contributed by atoms with Crippen molar-refractivity contribution in [1.82, 2.24) is 9.88 Å². The zero-order valence-electron chi connectivity index (χ0n) is 13.2. The van der Waals surface area contributed by atoms with Crippen LogP contribution in [0.2, 0.25) is 0 Å². The van der Waals surface area contributed by atoms with Gasteiger partial charge in [0.25, 0.3) is 0 Å². The van der Waals surface area contributed by atoms with Gasteiger partial charge in [0.05, 0.1) is 18.0 Å². The van der Waals surface area contributed by atoms with Gasteiger partial charge in [-0.2, -0.15) is 0 Å². The van der Waals surface area contributed by atoms with E-state index >= 15 is 0 Å². The number of rotatable bonds is 6. The quantitative estimate of drug-likeness (QED) is 0.871. The minimum absolute atomic E-state index is 0.363. The molecule has 2 heterocycles. The third kappa shape index (κ3) is 4.24. The largest absolute Gasteiger partial charge is 0.387 e. The van der Waals surface area contributed by atoms with Crippen LogP contribution in [-0.4, -0.2) is 34.6 Å². The van der Waals surface area contributed by atoms with Crippen LogP contribution in [0.15, 0.2) is 18.3 Å². The van der Waals surface area contributed by atoms with Crippen LogP contribution >= 0.6 is 0 Å². The fraction of sp³-hybridized carbons (Fsp3) is 0.706. The van der Waals surface area contributed by atoms with Crippen LogP contribution in [0.3, 0.4) is 0 Å². The lowest BCUT2D eigenvalue weighted by atomic mass is 9.74. The standard InChI is InChI=1S/C17H27FN2O/c1-3-17(4-2)8-11-20(12-9-17)10-7-16(21)15-6-5-14(18)13-19-15/h5-6,13,16,21H,3-4,7-12H2,1-2H3. The van der Waals surface area contributed by atoms with Gasteiger partial charge >= 0.3 is 0 Å². The van der Waals surface area contributed by atoms with Crippen LogP contribution in [-0.2, 0) is 0 Å². The first-order valence-corrected chi connectivity index (χ1v) is 8.10. The fourth-order valence-corrected chi connectivity index (χ4v) is 3.25. The maximum Gasteiger partial charge on any atom is 0.141 e. The van der Waals surface area contributed by atoms with E-state index in [-0.39, 0.29) is 5.82 Å². The molecule has 1 fully saturated rings. The molecular weight excluding hydrogens is 267 g/mol. The van der Waals surface area contributed by atoms with Crippen molar-refractivity contribution in [2.24, 2.45) is 5.41 Å². The summed E-state index contributed by atoms with van der Waals surface area (Å²) in [5.41, 5.74) is 1.10. The molecule has 2 rings (SSSR count). The first-order chi connectivity index (χ1) is 10.1. The van der Waals surface area contributed by atoms with Gasteiger partial charge in [0.1, 0.15) is 5.82 Å². The number of hydrogen-bond donors (Lipinski definition) is 1. The summed E-state index contributed by atoms with van der Waals surface area (Å²) >= 11 is 0. The lowest BCUT2D eigenvalue weighted by Gasteiger charge is -2.41. The van der Waals surface area contributed by atoms with E-state index in [4.69, 9.17) is 0 Å². The van der Waals surface area contributed by atoms with Crippen LogP contribution in [0.1, 0.15) is 57.7 Å². The van der Waals surface area contributed by atoms with E-state index in [9.17, 15) is 9.50 Å². The average Bonchev–Trinajstić information content (AvgIpc) is 2.54. The molecule has 1 unspecified atom stereocenters. The van der Waals surface area contributed by atoms with E-state index < -0.39 is 6.10 Å². The third-order valence-corrected chi connectivity index (χ3v) is 5.23. The first kappa shape index (κ1) is 16.4. The van der Waals surface area contributed by atoms with Crippen molar-refractivity contribution in [3.05, 3.63) is 29.8 Å². The van der Waals surface area contributed by atoms with Gasteiger partial charge in [-0.3, -0.25) is 4.98 Å². The van der Waals surface area contributed by atoms with Gasteiger partial charge in [-0.05, 0) is 49.9 Å². The normalized spacial score (nSPS) is 20.4. The molecule has 118 valence electrons. The molecule has 1 aliphatic rings. The molecule has 3 nitrogen and oxygen atoms in total. The highest BCUT2D eigenvalue weighted by Gasteiger charge is 2.31. The second kappa shape index (κ2) is 7.32.